The second-order valence-corrected chi connectivity index (χ2v) is 4.29. The zero-order valence-corrected chi connectivity index (χ0v) is 10.2. The second-order valence-electron chi connectivity index (χ2n) is 4.29. The van der Waals surface area contributed by atoms with Gasteiger partial charge >= 0.3 is 0 Å². The molecule has 1 heterocycles. The first-order valence-electron chi connectivity index (χ1n) is 5.83. The maximum absolute atomic E-state index is 11.8. The lowest BCUT2D eigenvalue weighted by atomic mass is 10.1. The van der Waals surface area contributed by atoms with E-state index in [1.807, 2.05) is 42.2 Å². The molecule has 92 valence electrons. The van der Waals surface area contributed by atoms with Gasteiger partial charge in [0, 0.05) is 13.7 Å². The molecule has 0 aromatic heterocycles. The van der Waals surface area contributed by atoms with Gasteiger partial charge in [-0.05, 0) is 12.5 Å². The Morgan fingerprint density at radius 3 is 2.82 bits per heavy atom. The first-order valence-corrected chi connectivity index (χ1v) is 5.83. The van der Waals surface area contributed by atoms with Crippen LogP contribution >= 0.6 is 0 Å². The van der Waals surface area contributed by atoms with Crippen LogP contribution in [-0.2, 0) is 9.53 Å². The minimum atomic E-state index is -0.0266. The highest BCUT2D eigenvalue weighted by molar-refractivity contribution is 5.81. The molecule has 1 saturated heterocycles. The summed E-state index contributed by atoms with van der Waals surface area (Å²) in [6.07, 6.45) is 0.0198. The predicted molar refractivity (Wildman–Crippen MR) is 65.4 cm³/mol. The number of carbonyl (C=O) groups is 1. The summed E-state index contributed by atoms with van der Waals surface area (Å²) in [5.74, 6) is 0.128. The van der Waals surface area contributed by atoms with Gasteiger partial charge in [-0.3, -0.25) is 10.1 Å². The average molecular weight is 234 g/mol. The number of amides is 1. The summed E-state index contributed by atoms with van der Waals surface area (Å²) in [7, 11) is 1.66. The molecule has 1 amide bonds. The van der Waals surface area contributed by atoms with Crippen LogP contribution in [0.4, 0.5) is 0 Å². The van der Waals surface area contributed by atoms with Crippen molar-refractivity contribution in [3.05, 3.63) is 35.9 Å². The first kappa shape index (κ1) is 12.1. The molecule has 0 aliphatic carbocycles. The largest absolute Gasteiger partial charge is 0.380 e. The van der Waals surface area contributed by atoms with Crippen LogP contribution in [0.25, 0.3) is 0 Å². The van der Waals surface area contributed by atoms with Gasteiger partial charge in [-0.2, -0.15) is 0 Å². The second kappa shape index (κ2) is 5.29. The molecule has 2 unspecified atom stereocenters. The van der Waals surface area contributed by atoms with E-state index in [0.717, 1.165) is 5.56 Å². The summed E-state index contributed by atoms with van der Waals surface area (Å²) in [5, 5.41) is 3.22. The third-order valence-corrected chi connectivity index (χ3v) is 3.05. The number of rotatable bonds is 4. The molecule has 1 aliphatic rings. The highest BCUT2D eigenvalue weighted by Gasteiger charge is 2.32. The van der Waals surface area contributed by atoms with Crippen molar-refractivity contribution in [1.29, 1.82) is 0 Å². The number of benzene rings is 1. The molecule has 0 bridgehead atoms. The standard InChI is InChI=1S/C13H18N2O2/c1-10(17-2)9-15-12(16)8-14-13(15)11-6-4-3-5-7-11/h3-7,10,13-14H,8-9H2,1-2H3. The highest BCUT2D eigenvalue weighted by Crippen LogP contribution is 2.22. The molecular formula is C13H18N2O2. The van der Waals surface area contributed by atoms with Crippen LogP contribution in [0, 0.1) is 0 Å². The van der Waals surface area contributed by atoms with Crippen molar-refractivity contribution in [2.45, 2.75) is 19.2 Å². The summed E-state index contributed by atoms with van der Waals surface area (Å²) in [6, 6.07) is 10.00. The van der Waals surface area contributed by atoms with Crippen LogP contribution in [0.3, 0.4) is 0 Å². The van der Waals surface area contributed by atoms with Crippen LogP contribution in [-0.4, -0.2) is 37.1 Å². The van der Waals surface area contributed by atoms with E-state index in [2.05, 4.69) is 5.32 Å². The fourth-order valence-corrected chi connectivity index (χ4v) is 2.03. The third kappa shape index (κ3) is 2.65. The van der Waals surface area contributed by atoms with Gasteiger partial charge in [0.05, 0.1) is 12.6 Å². The summed E-state index contributed by atoms with van der Waals surface area (Å²) in [5.41, 5.74) is 1.11. The topological polar surface area (TPSA) is 41.6 Å². The zero-order chi connectivity index (χ0) is 12.3. The normalized spacial score (nSPS) is 21.9. The number of nitrogens with one attached hydrogen (secondary N) is 1. The quantitative estimate of drug-likeness (QED) is 0.849. The number of nitrogens with zero attached hydrogens (tertiary/aromatic N) is 1. The van der Waals surface area contributed by atoms with Crippen molar-refractivity contribution in [3.63, 3.8) is 0 Å². The van der Waals surface area contributed by atoms with Gasteiger partial charge in [0.1, 0.15) is 6.17 Å². The number of hydrogen-bond donors (Lipinski definition) is 1. The number of ether oxygens (including phenoxy) is 1. The number of methoxy groups -OCH3 is 1. The summed E-state index contributed by atoms with van der Waals surface area (Å²) >= 11 is 0. The van der Waals surface area contributed by atoms with Gasteiger partial charge < -0.3 is 9.64 Å². The van der Waals surface area contributed by atoms with Crippen LogP contribution < -0.4 is 5.32 Å². The summed E-state index contributed by atoms with van der Waals surface area (Å²) < 4.78 is 5.22. The molecule has 4 nitrogen and oxygen atoms in total. The van der Waals surface area contributed by atoms with Gasteiger partial charge in [0.15, 0.2) is 0 Å². The van der Waals surface area contributed by atoms with Gasteiger partial charge in [-0.15, -0.1) is 0 Å². The lowest BCUT2D eigenvalue weighted by Crippen LogP contribution is -2.36. The fourth-order valence-electron chi connectivity index (χ4n) is 2.03. The molecular weight excluding hydrogens is 216 g/mol. The van der Waals surface area contributed by atoms with Crippen LogP contribution in [0.5, 0.6) is 0 Å². The Bertz CT molecular complexity index is 380. The van der Waals surface area contributed by atoms with Crippen LogP contribution in [0.2, 0.25) is 0 Å². The molecule has 0 spiro atoms. The SMILES string of the molecule is COC(C)CN1C(=O)CNC1c1ccccc1. The Morgan fingerprint density at radius 1 is 1.47 bits per heavy atom. The minimum Gasteiger partial charge on any atom is -0.380 e. The van der Waals surface area contributed by atoms with Crippen molar-refractivity contribution in [2.24, 2.45) is 0 Å². The fraction of sp³-hybridized carbons (Fsp3) is 0.462. The molecule has 1 fully saturated rings. The Balaban J connectivity index is 2.14. The molecule has 2 rings (SSSR count). The van der Waals surface area contributed by atoms with Gasteiger partial charge in [0.25, 0.3) is 0 Å². The smallest absolute Gasteiger partial charge is 0.238 e. The lowest BCUT2D eigenvalue weighted by molar-refractivity contribution is -0.129. The van der Waals surface area contributed by atoms with Crippen LogP contribution in [0.15, 0.2) is 30.3 Å². The lowest BCUT2D eigenvalue weighted by Gasteiger charge is -2.26. The molecule has 1 N–H and O–H groups in total. The third-order valence-electron chi connectivity index (χ3n) is 3.05. The van der Waals surface area contributed by atoms with E-state index >= 15 is 0 Å². The monoisotopic (exact) mass is 234 g/mol. The average Bonchev–Trinajstić information content (AvgIpc) is 2.72. The Kier molecular flexibility index (Phi) is 3.76. The van der Waals surface area contributed by atoms with E-state index in [9.17, 15) is 4.79 Å². The minimum absolute atomic E-state index is 0.0266. The molecule has 1 aromatic rings. The molecule has 17 heavy (non-hydrogen) atoms. The molecule has 1 aromatic carbocycles. The molecule has 0 saturated carbocycles. The predicted octanol–water partition coefficient (Wildman–Crippen LogP) is 1.15. The molecule has 2 atom stereocenters. The van der Waals surface area contributed by atoms with Gasteiger partial charge in [0.2, 0.25) is 5.91 Å². The van der Waals surface area contributed by atoms with Crippen LogP contribution in [0.1, 0.15) is 18.7 Å². The van der Waals surface area contributed by atoms with Crippen molar-refractivity contribution in [2.75, 3.05) is 20.2 Å². The van der Waals surface area contributed by atoms with Gasteiger partial charge in [-0.1, -0.05) is 30.3 Å². The van der Waals surface area contributed by atoms with Crippen molar-refractivity contribution in [1.82, 2.24) is 10.2 Å². The van der Waals surface area contributed by atoms with E-state index in [4.69, 9.17) is 4.74 Å². The van der Waals surface area contributed by atoms with E-state index in [1.54, 1.807) is 7.11 Å². The Morgan fingerprint density at radius 2 is 2.18 bits per heavy atom. The van der Waals surface area contributed by atoms with E-state index in [-0.39, 0.29) is 18.2 Å². The van der Waals surface area contributed by atoms with E-state index in [0.29, 0.717) is 13.1 Å². The maximum Gasteiger partial charge on any atom is 0.238 e. The molecule has 0 radical (unpaired) electrons. The molecule has 1 aliphatic heterocycles. The number of carbonyl (C=O) groups excluding carboxylic acids is 1. The Labute approximate surface area is 102 Å². The first-order chi connectivity index (χ1) is 8.22. The maximum atomic E-state index is 11.8. The number of hydrogen-bond acceptors (Lipinski definition) is 3. The van der Waals surface area contributed by atoms with Crippen molar-refractivity contribution >= 4 is 5.91 Å². The molecule has 4 heteroatoms. The van der Waals surface area contributed by atoms with Crippen molar-refractivity contribution in [3.8, 4) is 0 Å². The van der Waals surface area contributed by atoms with E-state index in [1.165, 1.54) is 0 Å². The Hall–Kier alpha value is -1.39. The highest BCUT2D eigenvalue weighted by atomic mass is 16.5. The van der Waals surface area contributed by atoms with Crippen molar-refractivity contribution < 1.29 is 9.53 Å². The zero-order valence-electron chi connectivity index (χ0n) is 10.2. The summed E-state index contributed by atoms with van der Waals surface area (Å²) in [6.45, 7) is 2.98. The summed E-state index contributed by atoms with van der Waals surface area (Å²) in [4.78, 5) is 13.7. The van der Waals surface area contributed by atoms with E-state index < -0.39 is 0 Å². The van der Waals surface area contributed by atoms with Gasteiger partial charge in [-0.25, -0.2) is 0 Å².